The fourth-order valence-corrected chi connectivity index (χ4v) is 5.42. The number of hydrogen-bond acceptors (Lipinski definition) is 7. The Morgan fingerprint density at radius 2 is 1.89 bits per heavy atom. The Labute approximate surface area is 210 Å². The van der Waals surface area contributed by atoms with Crippen LogP contribution in [0.3, 0.4) is 0 Å². The number of aliphatic hydroxyl groups is 1. The van der Waals surface area contributed by atoms with Gasteiger partial charge in [-0.3, -0.25) is 0 Å². The van der Waals surface area contributed by atoms with Gasteiger partial charge in [0.2, 0.25) is 0 Å². The summed E-state index contributed by atoms with van der Waals surface area (Å²) >= 11 is 2.92. The zero-order valence-corrected chi connectivity index (χ0v) is 21.0. The van der Waals surface area contributed by atoms with Crippen LogP contribution in [-0.4, -0.2) is 29.3 Å². The van der Waals surface area contributed by atoms with Gasteiger partial charge in [-0.25, -0.2) is 9.78 Å². The Kier molecular flexibility index (Phi) is 9.59. The molecule has 1 heterocycles. The first kappa shape index (κ1) is 27.0. The molecule has 1 N–H and O–H groups in total. The second kappa shape index (κ2) is 12.4. The van der Waals surface area contributed by atoms with E-state index < -0.39 is 17.7 Å². The lowest BCUT2D eigenvalue weighted by molar-refractivity contribution is -0.145. The van der Waals surface area contributed by atoms with E-state index in [9.17, 15) is 23.1 Å². The van der Waals surface area contributed by atoms with Crippen molar-refractivity contribution >= 4 is 29.1 Å². The number of thiazole rings is 1. The molecule has 2 aromatic carbocycles. The van der Waals surface area contributed by atoms with E-state index in [4.69, 9.17) is 9.47 Å². The summed E-state index contributed by atoms with van der Waals surface area (Å²) in [5.41, 5.74) is 1.36. The molecule has 35 heavy (non-hydrogen) atoms. The monoisotopic (exact) mass is 525 g/mol. The van der Waals surface area contributed by atoms with Crippen LogP contribution in [-0.2, 0) is 34.5 Å². The van der Waals surface area contributed by atoms with Crippen LogP contribution in [0.2, 0.25) is 0 Å². The zero-order chi connectivity index (χ0) is 25.4. The predicted molar refractivity (Wildman–Crippen MR) is 131 cm³/mol. The number of carbonyl (C=O) groups excluding carboxylic acids is 1. The molecule has 0 amide bonds. The predicted octanol–water partition coefficient (Wildman–Crippen LogP) is 6.51. The Morgan fingerprint density at radius 1 is 1.14 bits per heavy atom. The maximum atomic E-state index is 12.8. The molecule has 10 heteroatoms. The maximum absolute atomic E-state index is 12.8. The van der Waals surface area contributed by atoms with Crippen LogP contribution < -0.4 is 4.74 Å². The first-order chi connectivity index (χ1) is 16.7. The summed E-state index contributed by atoms with van der Waals surface area (Å²) in [5, 5.41) is 10.3. The summed E-state index contributed by atoms with van der Waals surface area (Å²) in [7, 11) is 0. The van der Waals surface area contributed by atoms with Crippen molar-refractivity contribution in [2.24, 2.45) is 0 Å². The number of ether oxygens (including phenoxy) is 2. The smallest absolute Gasteiger partial charge is 0.416 e. The minimum atomic E-state index is -4.39. The molecule has 0 fully saturated rings. The number of thioether (sulfide) groups is 1. The van der Waals surface area contributed by atoms with Gasteiger partial charge in [0.25, 0.3) is 0 Å². The van der Waals surface area contributed by atoms with Crippen LogP contribution in [0.25, 0.3) is 10.6 Å². The zero-order valence-electron chi connectivity index (χ0n) is 19.4. The summed E-state index contributed by atoms with van der Waals surface area (Å²) in [5.74, 6) is 0.768. The van der Waals surface area contributed by atoms with Gasteiger partial charge in [0.15, 0.2) is 6.61 Å². The lowest BCUT2D eigenvalue weighted by Crippen LogP contribution is -2.15. The lowest BCUT2D eigenvalue weighted by atomic mass is 10.1. The van der Waals surface area contributed by atoms with Gasteiger partial charge in [-0.2, -0.15) is 13.2 Å². The standard InChI is InChI=1S/C25H26F3NO4S2/c1-3-5-17-12-19(10-11-21(17)33-14-23(31)32-4-2)34-15-22-20(13-30)29-24(35-22)16-6-8-18(9-7-16)25(26,27)28/h6-12,30H,3-5,13-15H2,1-2H3. The molecule has 1 aromatic heterocycles. The number of esters is 1. The maximum Gasteiger partial charge on any atom is 0.416 e. The average molecular weight is 526 g/mol. The largest absolute Gasteiger partial charge is 0.482 e. The van der Waals surface area contributed by atoms with Gasteiger partial charge in [0.1, 0.15) is 10.8 Å². The van der Waals surface area contributed by atoms with Crippen molar-refractivity contribution in [3.63, 3.8) is 0 Å². The number of nitrogens with zero attached hydrogens (tertiary/aromatic N) is 1. The van der Waals surface area contributed by atoms with Crippen molar-refractivity contribution in [2.45, 2.75) is 50.1 Å². The molecule has 0 atom stereocenters. The second-order valence-corrected chi connectivity index (χ2v) is 9.66. The van der Waals surface area contributed by atoms with E-state index in [1.807, 2.05) is 18.2 Å². The molecular weight excluding hydrogens is 499 g/mol. The molecular formula is C25H26F3NO4S2. The van der Waals surface area contributed by atoms with E-state index in [1.54, 1.807) is 18.7 Å². The number of rotatable bonds is 11. The molecule has 0 unspecified atom stereocenters. The first-order valence-electron chi connectivity index (χ1n) is 11.1. The van der Waals surface area contributed by atoms with Crippen LogP contribution in [0.15, 0.2) is 47.4 Å². The van der Waals surface area contributed by atoms with Crippen LogP contribution in [0, 0.1) is 0 Å². The fraction of sp³-hybridized carbons (Fsp3) is 0.360. The summed E-state index contributed by atoms with van der Waals surface area (Å²) in [6, 6.07) is 10.6. The third-order valence-corrected chi connectivity index (χ3v) is 7.31. The van der Waals surface area contributed by atoms with E-state index in [1.165, 1.54) is 23.5 Å². The van der Waals surface area contributed by atoms with Crippen LogP contribution in [0.1, 0.15) is 42.0 Å². The molecule has 0 aliphatic rings. The summed E-state index contributed by atoms with van der Waals surface area (Å²) in [4.78, 5) is 17.9. The van der Waals surface area contributed by atoms with Crippen molar-refractivity contribution in [3.05, 3.63) is 64.2 Å². The number of benzene rings is 2. The van der Waals surface area contributed by atoms with Crippen molar-refractivity contribution in [1.82, 2.24) is 4.98 Å². The molecule has 0 saturated carbocycles. The van der Waals surface area contributed by atoms with E-state index >= 15 is 0 Å². The normalized spacial score (nSPS) is 11.5. The van der Waals surface area contributed by atoms with Gasteiger partial charge < -0.3 is 14.6 Å². The van der Waals surface area contributed by atoms with Crippen LogP contribution in [0.5, 0.6) is 5.75 Å². The van der Waals surface area contributed by atoms with Crippen molar-refractivity contribution in [3.8, 4) is 16.3 Å². The van der Waals surface area contributed by atoms with E-state index in [2.05, 4.69) is 11.9 Å². The van der Waals surface area contributed by atoms with E-state index in [0.29, 0.717) is 34.4 Å². The van der Waals surface area contributed by atoms with Gasteiger partial charge in [-0.1, -0.05) is 25.5 Å². The molecule has 0 radical (unpaired) electrons. The second-order valence-electron chi connectivity index (χ2n) is 7.52. The third-order valence-electron chi connectivity index (χ3n) is 4.96. The van der Waals surface area contributed by atoms with Gasteiger partial charge in [-0.05, 0) is 49.2 Å². The number of halogens is 3. The summed E-state index contributed by atoms with van der Waals surface area (Å²) in [6.45, 7) is 3.69. The minimum absolute atomic E-state index is 0.148. The quantitative estimate of drug-likeness (QED) is 0.227. The van der Waals surface area contributed by atoms with Gasteiger partial charge in [0, 0.05) is 21.1 Å². The molecule has 0 saturated heterocycles. The molecule has 0 bridgehead atoms. The highest BCUT2D eigenvalue weighted by Crippen LogP contribution is 2.36. The summed E-state index contributed by atoms with van der Waals surface area (Å²) < 4.78 is 49.1. The Bertz CT molecular complexity index is 1130. The highest BCUT2D eigenvalue weighted by Gasteiger charge is 2.30. The van der Waals surface area contributed by atoms with Crippen molar-refractivity contribution in [2.75, 3.05) is 13.2 Å². The molecule has 3 rings (SSSR count). The van der Waals surface area contributed by atoms with Crippen LogP contribution in [0.4, 0.5) is 13.2 Å². The Morgan fingerprint density at radius 3 is 2.51 bits per heavy atom. The lowest BCUT2D eigenvalue weighted by Gasteiger charge is -2.12. The number of aryl methyl sites for hydroxylation is 1. The van der Waals surface area contributed by atoms with Crippen LogP contribution >= 0.6 is 23.1 Å². The van der Waals surface area contributed by atoms with Gasteiger partial charge >= 0.3 is 12.1 Å². The highest BCUT2D eigenvalue weighted by atomic mass is 32.2. The Balaban J connectivity index is 1.72. The number of aromatic nitrogens is 1. The molecule has 0 spiro atoms. The molecule has 3 aromatic rings. The number of alkyl halides is 3. The number of hydrogen-bond donors (Lipinski definition) is 1. The first-order valence-corrected chi connectivity index (χ1v) is 12.9. The number of carbonyl (C=O) groups is 1. The minimum Gasteiger partial charge on any atom is -0.482 e. The van der Waals surface area contributed by atoms with Crippen molar-refractivity contribution in [1.29, 1.82) is 0 Å². The van der Waals surface area contributed by atoms with Gasteiger partial charge in [0.05, 0.1) is 24.5 Å². The van der Waals surface area contributed by atoms with Crippen molar-refractivity contribution < 1.29 is 32.5 Å². The fourth-order valence-electron chi connectivity index (χ4n) is 3.28. The number of aliphatic hydroxyl groups excluding tert-OH is 1. The SMILES string of the molecule is CCCc1cc(SCc2sc(-c3ccc(C(F)(F)F)cc3)nc2CO)ccc1OCC(=O)OCC. The average Bonchev–Trinajstić information content (AvgIpc) is 3.25. The molecule has 5 nitrogen and oxygen atoms in total. The molecule has 188 valence electrons. The molecule has 0 aliphatic heterocycles. The summed E-state index contributed by atoms with van der Waals surface area (Å²) in [6.07, 6.45) is -2.70. The molecule has 0 aliphatic carbocycles. The topological polar surface area (TPSA) is 68.7 Å². The van der Waals surface area contributed by atoms with E-state index in [0.717, 1.165) is 40.3 Å². The highest BCUT2D eigenvalue weighted by molar-refractivity contribution is 7.98. The van der Waals surface area contributed by atoms with Gasteiger partial charge in [-0.15, -0.1) is 23.1 Å². The third kappa shape index (κ3) is 7.46. The van der Waals surface area contributed by atoms with E-state index in [-0.39, 0.29) is 13.2 Å². The Hall–Kier alpha value is -2.56.